The van der Waals surface area contributed by atoms with Gasteiger partial charge in [0.15, 0.2) is 0 Å². The van der Waals surface area contributed by atoms with Crippen LogP contribution in [-0.2, 0) is 6.61 Å². The lowest BCUT2D eigenvalue weighted by Gasteiger charge is -2.08. The van der Waals surface area contributed by atoms with Crippen molar-refractivity contribution in [3.05, 3.63) is 63.9 Å². The van der Waals surface area contributed by atoms with Crippen molar-refractivity contribution in [3.63, 3.8) is 0 Å². The van der Waals surface area contributed by atoms with Gasteiger partial charge in [0.1, 0.15) is 18.2 Å². The third-order valence-corrected chi connectivity index (χ3v) is 3.25. The molecule has 0 saturated carbocycles. The van der Waals surface area contributed by atoms with E-state index in [9.17, 15) is 4.39 Å². The summed E-state index contributed by atoms with van der Waals surface area (Å²) in [4.78, 5) is 0. The Morgan fingerprint density at radius 3 is 2.76 bits per heavy atom. The molecule has 2 nitrogen and oxygen atoms in total. The van der Waals surface area contributed by atoms with Gasteiger partial charge in [-0.15, -0.1) is 0 Å². The van der Waals surface area contributed by atoms with E-state index in [0.29, 0.717) is 21.9 Å². The molecule has 0 aliphatic carbocycles. The lowest BCUT2D eigenvalue weighted by atomic mass is 10.1. The van der Waals surface area contributed by atoms with E-state index in [1.807, 2.05) is 13.0 Å². The lowest BCUT2D eigenvalue weighted by molar-refractivity contribution is 0.305. The van der Waals surface area contributed by atoms with Gasteiger partial charge >= 0.3 is 0 Å². The van der Waals surface area contributed by atoms with Gasteiger partial charge in [-0.1, -0.05) is 23.4 Å². The molecule has 0 aliphatic heterocycles. The number of hydrogen-bond acceptors (Lipinski definition) is 2. The van der Waals surface area contributed by atoms with Gasteiger partial charge in [-0.3, -0.25) is 0 Å². The van der Waals surface area contributed by atoms with Crippen LogP contribution in [0.25, 0.3) is 0 Å². The molecule has 0 spiro atoms. The Balaban J connectivity index is 2.12. The predicted octanol–water partition coefficient (Wildman–Crippen LogP) is 3.68. The Bertz CT molecular complexity index is 704. The molecule has 2 aromatic carbocycles. The molecule has 2 rings (SSSR count). The van der Waals surface area contributed by atoms with E-state index in [2.05, 4.69) is 11.8 Å². The second-order valence-electron chi connectivity index (χ2n) is 4.55. The molecule has 0 heterocycles. The maximum absolute atomic E-state index is 13.5. The van der Waals surface area contributed by atoms with Crippen molar-refractivity contribution < 1.29 is 9.13 Å². The Hall–Kier alpha value is -2.02. The summed E-state index contributed by atoms with van der Waals surface area (Å²) in [5.74, 6) is 5.86. The van der Waals surface area contributed by atoms with E-state index < -0.39 is 0 Å². The number of aryl methyl sites for hydroxylation is 1. The largest absolute Gasteiger partial charge is 0.489 e. The van der Waals surface area contributed by atoms with Crippen molar-refractivity contribution in [2.75, 3.05) is 6.54 Å². The molecule has 0 aromatic heterocycles. The molecule has 0 fully saturated rings. The summed E-state index contributed by atoms with van der Waals surface area (Å²) < 4.78 is 19.2. The van der Waals surface area contributed by atoms with Gasteiger partial charge < -0.3 is 10.5 Å². The molecule has 0 saturated heterocycles. The summed E-state index contributed by atoms with van der Waals surface area (Å²) in [5, 5.41) is 0.687. The van der Waals surface area contributed by atoms with Crippen LogP contribution in [0.2, 0.25) is 5.02 Å². The fourth-order valence-corrected chi connectivity index (χ4v) is 1.95. The zero-order valence-corrected chi connectivity index (χ0v) is 12.4. The first-order valence-corrected chi connectivity index (χ1v) is 6.83. The molecule has 21 heavy (non-hydrogen) atoms. The average Bonchev–Trinajstić information content (AvgIpc) is 2.46. The fourth-order valence-electron chi connectivity index (χ4n) is 1.83. The highest BCUT2D eigenvalue weighted by molar-refractivity contribution is 6.31. The Morgan fingerprint density at radius 1 is 1.24 bits per heavy atom. The van der Waals surface area contributed by atoms with Gasteiger partial charge in [0, 0.05) is 10.6 Å². The second-order valence-corrected chi connectivity index (χ2v) is 4.96. The summed E-state index contributed by atoms with van der Waals surface area (Å²) in [7, 11) is 0. The van der Waals surface area contributed by atoms with E-state index in [1.165, 1.54) is 12.1 Å². The van der Waals surface area contributed by atoms with E-state index >= 15 is 0 Å². The molecule has 0 atom stereocenters. The zero-order valence-electron chi connectivity index (χ0n) is 11.6. The minimum absolute atomic E-state index is 0.242. The van der Waals surface area contributed by atoms with Crippen molar-refractivity contribution in [2.24, 2.45) is 5.73 Å². The van der Waals surface area contributed by atoms with E-state index in [-0.39, 0.29) is 19.0 Å². The van der Waals surface area contributed by atoms with Crippen LogP contribution in [0.15, 0.2) is 36.4 Å². The maximum atomic E-state index is 13.5. The third kappa shape index (κ3) is 4.49. The quantitative estimate of drug-likeness (QED) is 0.878. The second kappa shape index (κ2) is 7.12. The van der Waals surface area contributed by atoms with Gasteiger partial charge in [-0.05, 0) is 54.4 Å². The van der Waals surface area contributed by atoms with Crippen molar-refractivity contribution in [3.8, 4) is 17.6 Å². The van der Waals surface area contributed by atoms with E-state index in [1.54, 1.807) is 18.2 Å². The summed E-state index contributed by atoms with van der Waals surface area (Å²) in [5.41, 5.74) is 7.55. The third-order valence-electron chi connectivity index (χ3n) is 2.83. The van der Waals surface area contributed by atoms with Crippen LogP contribution in [0.4, 0.5) is 4.39 Å². The Labute approximate surface area is 128 Å². The normalized spacial score (nSPS) is 9.90. The van der Waals surface area contributed by atoms with Crippen LogP contribution >= 0.6 is 11.6 Å². The van der Waals surface area contributed by atoms with Gasteiger partial charge in [0.05, 0.1) is 6.54 Å². The number of halogens is 2. The van der Waals surface area contributed by atoms with Crippen LogP contribution in [-0.4, -0.2) is 6.54 Å². The minimum atomic E-state index is -0.343. The SMILES string of the molecule is Cc1cc(OCc2cc(F)cc(C#CCN)c2)ccc1Cl. The number of ether oxygens (including phenoxy) is 1. The minimum Gasteiger partial charge on any atom is -0.489 e. The lowest BCUT2D eigenvalue weighted by Crippen LogP contribution is -1.98. The number of nitrogens with two attached hydrogens (primary N) is 1. The van der Waals surface area contributed by atoms with Crippen LogP contribution in [0.5, 0.6) is 5.75 Å². The Kier molecular flexibility index (Phi) is 5.21. The number of rotatable bonds is 3. The highest BCUT2D eigenvalue weighted by Gasteiger charge is 2.02. The van der Waals surface area contributed by atoms with Gasteiger partial charge in [-0.25, -0.2) is 4.39 Å². The van der Waals surface area contributed by atoms with Crippen LogP contribution in [0.3, 0.4) is 0 Å². The first-order chi connectivity index (χ1) is 10.1. The molecule has 4 heteroatoms. The highest BCUT2D eigenvalue weighted by Crippen LogP contribution is 2.22. The molecule has 108 valence electrons. The zero-order chi connectivity index (χ0) is 15.2. The van der Waals surface area contributed by atoms with Crippen LogP contribution < -0.4 is 10.5 Å². The van der Waals surface area contributed by atoms with Crippen LogP contribution in [0.1, 0.15) is 16.7 Å². The topological polar surface area (TPSA) is 35.2 Å². The molecule has 2 N–H and O–H groups in total. The Morgan fingerprint density at radius 2 is 2.05 bits per heavy atom. The van der Waals surface area contributed by atoms with Crippen molar-refractivity contribution in [1.29, 1.82) is 0 Å². The summed E-state index contributed by atoms with van der Waals surface area (Å²) in [6, 6.07) is 9.99. The first-order valence-electron chi connectivity index (χ1n) is 6.46. The first kappa shape index (κ1) is 15.4. The molecule has 0 unspecified atom stereocenters. The summed E-state index contributed by atoms with van der Waals surface area (Å²) in [6.45, 7) is 2.40. The highest BCUT2D eigenvalue weighted by atomic mass is 35.5. The molecular formula is C17H15ClFNO. The molecule has 0 bridgehead atoms. The standard InChI is InChI=1S/C17H15ClFNO/c1-12-7-16(4-5-17(12)18)21-11-14-8-13(3-2-6-20)9-15(19)10-14/h4-5,7-10H,6,11,20H2,1H3. The molecular weight excluding hydrogens is 289 g/mol. The van der Waals surface area contributed by atoms with Gasteiger partial charge in [0.2, 0.25) is 0 Å². The van der Waals surface area contributed by atoms with Crippen molar-refractivity contribution in [1.82, 2.24) is 0 Å². The van der Waals surface area contributed by atoms with Crippen molar-refractivity contribution >= 4 is 11.6 Å². The molecule has 2 aromatic rings. The fraction of sp³-hybridized carbons (Fsp3) is 0.176. The molecule has 0 radical (unpaired) electrons. The molecule has 0 amide bonds. The monoisotopic (exact) mass is 303 g/mol. The number of hydrogen-bond donors (Lipinski definition) is 1. The van der Waals surface area contributed by atoms with Gasteiger partial charge in [-0.2, -0.15) is 0 Å². The smallest absolute Gasteiger partial charge is 0.124 e. The average molecular weight is 304 g/mol. The van der Waals surface area contributed by atoms with Gasteiger partial charge in [0.25, 0.3) is 0 Å². The summed E-state index contributed by atoms with van der Waals surface area (Å²) in [6.07, 6.45) is 0. The van der Waals surface area contributed by atoms with E-state index in [4.69, 9.17) is 22.1 Å². The van der Waals surface area contributed by atoms with Crippen LogP contribution in [0, 0.1) is 24.6 Å². The van der Waals surface area contributed by atoms with E-state index in [0.717, 1.165) is 5.56 Å². The number of benzene rings is 2. The predicted molar refractivity (Wildman–Crippen MR) is 82.9 cm³/mol. The molecule has 0 aliphatic rings. The maximum Gasteiger partial charge on any atom is 0.124 e. The summed E-state index contributed by atoms with van der Waals surface area (Å²) >= 11 is 5.96. The van der Waals surface area contributed by atoms with Crippen molar-refractivity contribution in [2.45, 2.75) is 13.5 Å².